The summed E-state index contributed by atoms with van der Waals surface area (Å²) >= 11 is 1.49. The van der Waals surface area contributed by atoms with E-state index in [-0.39, 0.29) is 54.7 Å². The zero-order valence-corrected chi connectivity index (χ0v) is 31.6. The molecule has 2 saturated carbocycles. The molecule has 2 aliphatic heterocycles. The number of methoxy groups -OCH3 is 1. The van der Waals surface area contributed by atoms with E-state index in [4.69, 9.17) is 19.4 Å². The Balaban J connectivity index is 1.25. The summed E-state index contributed by atoms with van der Waals surface area (Å²) in [5.74, 6) is -0.145. The lowest BCUT2D eigenvalue weighted by Gasteiger charge is -2.35. The quantitative estimate of drug-likeness (QED) is 0.242. The minimum Gasteiger partial charge on any atom is -0.464 e. The lowest BCUT2D eigenvalue weighted by atomic mass is 9.84. The zero-order valence-electron chi connectivity index (χ0n) is 30.8. The molecule has 0 spiro atoms. The summed E-state index contributed by atoms with van der Waals surface area (Å²) in [6.07, 6.45) is 4.16. The number of hydrazine groups is 1. The number of cyclic esters (lactones) is 1. The average Bonchev–Trinajstić information content (AvgIpc) is 4.01. The summed E-state index contributed by atoms with van der Waals surface area (Å²) < 4.78 is 14.3. The van der Waals surface area contributed by atoms with Crippen LogP contribution in [0, 0.1) is 29.1 Å². The molecule has 3 aromatic heterocycles. The molecule has 2 aliphatic carbocycles. The van der Waals surface area contributed by atoms with Crippen LogP contribution in [0.15, 0.2) is 41.9 Å². The Labute approximate surface area is 308 Å². The summed E-state index contributed by atoms with van der Waals surface area (Å²) in [5, 5.41) is 8.52. The third-order valence-corrected chi connectivity index (χ3v) is 12.4. The molecule has 1 saturated heterocycles. The van der Waals surface area contributed by atoms with Crippen molar-refractivity contribution in [1.82, 2.24) is 30.3 Å². The molecule has 2 amide bonds. The first-order valence-electron chi connectivity index (χ1n) is 18.6. The van der Waals surface area contributed by atoms with E-state index in [2.05, 4.69) is 67.3 Å². The molecule has 0 unspecified atom stereocenters. The van der Waals surface area contributed by atoms with Gasteiger partial charge in [0.1, 0.15) is 12.1 Å². The number of carbonyl (C=O) groups excluding carboxylic acids is 3. The molecule has 3 fully saturated rings. The van der Waals surface area contributed by atoms with Crippen molar-refractivity contribution in [2.24, 2.45) is 29.1 Å². The van der Waals surface area contributed by atoms with Crippen molar-refractivity contribution >= 4 is 40.0 Å². The van der Waals surface area contributed by atoms with Crippen molar-refractivity contribution < 1.29 is 23.9 Å². The summed E-state index contributed by atoms with van der Waals surface area (Å²) in [5.41, 5.74) is 9.81. The second-order valence-electron chi connectivity index (χ2n) is 16.0. The van der Waals surface area contributed by atoms with Crippen molar-refractivity contribution in [3.8, 4) is 22.5 Å². The maximum Gasteiger partial charge on any atom is 0.325 e. The third-order valence-electron chi connectivity index (χ3n) is 11.5. The highest BCUT2D eigenvalue weighted by atomic mass is 32.1. The van der Waals surface area contributed by atoms with Crippen LogP contribution in [0.25, 0.3) is 33.4 Å². The standard InChI is InChI=1S/C40H48N6O5S/c1-7-45-32-11-10-23-14-28(32)29(36(45)25-9-8-12-41-34(25)22(3)50-6)17-40(4,5)20-51-39(49)35-27-15-24(27)18-46(44-35)38(48)30(16-33-42-31(23)19-52-33)43-37(47)26-13-21(26)2/h8-12,14,19,21-22,24,26-27,30,35,44H,7,13,15-18,20H2,1-6H3,(H,43,47)/t21-,22-,24+,26-,27+,30-,35-/m0/s1. The predicted octanol–water partition coefficient (Wildman–Crippen LogP) is 5.71. The number of pyridine rings is 1. The first-order chi connectivity index (χ1) is 25.0. The molecule has 4 aliphatic rings. The molecule has 6 bridgehead atoms. The van der Waals surface area contributed by atoms with Crippen molar-refractivity contribution in [2.75, 3.05) is 20.3 Å². The van der Waals surface area contributed by atoms with Crippen LogP contribution in [0.5, 0.6) is 0 Å². The van der Waals surface area contributed by atoms with Gasteiger partial charge in [-0.1, -0.05) is 26.8 Å². The first-order valence-corrected chi connectivity index (χ1v) is 19.5. The van der Waals surface area contributed by atoms with Crippen molar-refractivity contribution in [3.05, 3.63) is 58.2 Å². The SMILES string of the molecule is CCn1c(-c2cccnc2[C@H](C)OC)c2c3cc(ccc31)-c1csc(n1)C[C@H](NC(=O)[C@H]1C[C@@H]1C)C(=O)N1C[C@H]3C[C@H]3[C@H](N1)C(=O)OCC(C)(C)C2. The molecule has 12 heteroatoms. The molecule has 274 valence electrons. The Kier molecular flexibility index (Phi) is 8.98. The normalized spacial score (nSPS) is 27.4. The summed E-state index contributed by atoms with van der Waals surface area (Å²) in [6.45, 7) is 11.9. The number of ether oxygens (including phenoxy) is 2. The Morgan fingerprint density at radius 1 is 1.23 bits per heavy atom. The van der Waals surface area contributed by atoms with E-state index >= 15 is 0 Å². The summed E-state index contributed by atoms with van der Waals surface area (Å²) in [7, 11) is 1.70. The maximum absolute atomic E-state index is 14.2. The minimum atomic E-state index is -0.810. The number of hydrogen-bond acceptors (Lipinski definition) is 9. The molecular weight excluding hydrogens is 677 g/mol. The number of aryl methyl sites for hydroxylation is 1. The van der Waals surface area contributed by atoms with E-state index in [1.165, 1.54) is 11.3 Å². The number of aromatic nitrogens is 3. The van der Waals surface area contributed by atoms with E-state index in [1.807, 2.05) is 24.6 Å². The average molecular weight is 725 g/mol. The molecule has 52 heavy (non-hydrogen) atoms. The van der Waals surface area contributed by atoms with Gasteiger partial charge in [-0.2, -0.15) is 0 Å². The number of nitrogens with zero attached hydrogens (tertiary/aromatic N) is 4. The van der Waals surface area contributed by atoms with Gasteiger partial charge in [0, 0.05) is 71.6 Å². The van der Waals surface area contributed by atoms with Gasteiger partial charge in [-0.05, 0) is 80.7 Å². The smallest absolute Gasteiger partial charge is 0.325 e. The monoisotopic (exact) mass is 724 g/mol. The number of fused-ring (bicyclic) bond motifs is 8. The topological polar surface area (TPSA) is 128 Å². The van der Waals surface area contributed by atoms with Gasteiger partial charge < -0.3 is 19.4 Å². The zero-order chi connectivity index (χ0) is 36.5. The molecular formula is C40H48N6O5S. The number of benzene rings is 1. The highest BCUT2D eigenvalue weighted by molar-refractivity contribution is 7.10. The van der Waals surface area contributed by atoms with Crippen LogP contribution >= 0.6 is 11.3 Å². The lowest BCUT2D eigenvalue weighted by Crippen LogP contribution is -2.61. The number of carbonyl (C=O) groups is 3. The largest absolute Gasteiger partial charge is 0.464 e. The first kappa shape index (κ1) is 34.9. The van der Waals surface area contributed by atoms with Crippen LogP contribution in [0.1, 0.15) is 69.8 Å². The van der Waals surface area contributed by atoms with E-state index in [9.17, 15) is 14.4 Å². The lowest BCUT2D eigenvalue weighted by molar-refractivity contribution is -0.156. The fraction of sp³-hybridized carbons (Fsp3) is 0.525. The third kappa shape index (κ3) is 6.43. The van der Waals surface area contributed by atoms with Crippen LogP contribution in [0.3, 0.4) is 0 Å². The van der Waals surface area contributed by atoms with Crippen molar-refractivity contribution in [2.45, 2.75) is 85.0 Å². The Morgan fingerprint density at radius 2 is 2.04 bits per heavy atom. The highest BCUT2D eigenvalue weighted by Gasteiger charge is 2.53. The van der Waals surface area contributed by atoms with E-state index in [0.717, 1.165) is 69.1 Å². The van der Waals surface area contributed by atoms with Crippen LogP contribution in [0.4, 0.5) is 0 Å². The molecule has 7 atom stereocenters. The number of rotatable bonds is 6. The summed E-state index contributed by atoms with van der Waals surface area (Å²) in [4.78, 5) is 51.0. The Hall–Kier alpha value is -4.13. The van der Waals surface area contributed by atoms with Crippen molar-refractivity contribution in [3.63, 3.8) is 0 Å². The number of hydrogen-bond donors (Lipinski definition) is 2. The second kappa shape index (κ2) is 13.4. The van der Waals surface area contributed by atoms with Gasteiger partial charge in [-0.15, -0.1) is 11.3 Å². The van der Waals surface area contributed by atoms with Crippen LogP contribution in [-0.2, 0) is 43.2 Å². The maximum atomic E-state index is 14.2. The second-order valence-corrected chi connectivity index (χ2v) is 16.9. The molecule has 5 heterocycles. The Bertz CT molecular complexity index is 2050. The van der Waals surface area contributed by atoms with E-state index in [0.29, 0.717) is 18.9 Å². The van der Waals surface area contributed by atoms with Gasteiger partial charge >= 0.3 is 5.97 Å². The van der Waals surface area contributed by atoms with Crippen LogP contribution in [-0.4, -0.2) is 69.7 Å². The minimum absolute atomic E-state index is 0.0809. The molecule has 2 N–H and O–H groups in total. The highest BCUT2D eigenvalue weighted by Crippen LogP contribution is 2.46. The molecule has 4 aromatic rings. The van der Waals surface area contributed by atoms with Crippen LogP contribution in [0.2, 0.25) is 0 Å². The number of nitrogens with one attached hydrogen (secondary N) is 2. The van der Waals surface area contributed by atoms with Crippen molar-refractivity contribution in [1.29, 1.82) is 0 Å². The van der Waals surface area contributed by atoms with Gasteiger partial charge in [0.15, 0.2) is 0 Å². The fourth-order valence-electron chi connectivity index (χ4n) is 8.23. The number of amides is 2. The summed E-state index contributed by atoms with van der Waals surface area (Å²) in [6, 6.07) is 9.14. The van der Waals surface area contributed by atoms with Gasteiger partial charge in [-0.3, -0.25) is 24.4 Å². The number of esters is 1. The number of thiazole rings is 1. The van der Waals surface area contributed by atoms with Crippen LogP contribution < -0.4 is 10.7 Å². The van der Waals surface area contributed by atoms with Gasteiger partial charge in [0.25, 0.3) is 5.91 Å². The fourth-order valence-corrected chi connectivity index (χ4v) is 9.08. The van der Waals surface area contributed by atoms with Gasteiger partial charge in [-0.25, -0.2) is 10.4 Å². The van der Waals surface area contributed by atoms with Gasteiger partial charge in [0.2, 0.25) is 5.91 Å². The molecule has 1 aromatic carbocycles. The molecule has 11 nitrogen and oxygen atoms in total. The molecule has 8 rings (SSSR count). The van der Waals surface area contributed by atoms with E-state index in [1.54, 1.807) is 12.1 Å². The van der Waals surface area contributed by atoms with Gasteiger partial charge in [0.05, 0.1) is 34.8 Å². The molecule has 0 radical (unpaired) electrons. The Morgan fingerprint density at radius 3 is 2.79 bits per heavy atom. The van der Waals surface area contributed by atoms with E-state index < -0.39 is 17.5 Å². The predicted molar refractivity (Wildman–Crippen MR) is 199 cm³/mol.